The molecule has 0 fully saturated rings. The summed E-state index contributed by atoms with van der Waals surface area (Å²) in [7, 11) is 0. The molecule has 1 aromatic heterocycles. The van der Waals surface area contributed by atoms with E-state index in [2.05, 4.69) is 9.97 Å². The minimum absolute atomic E-state index is 0.668. The number of aromatic amines is 1. The average molecular weight is 297 g/mol. The van der Waals surface area contributed by atoms with Crippen molar-refractivity contribution in [1.82, 2.24) is 9.97 Å². The van der Waals surface area contributed by atoms with Gasteiger partial charge in [0, 0.05) is 16.2 Å². The molecule has 2 nitrogen and oxygen atoms in total. The van der Waals surface area contributed by atoms with E-state index in [1.807, 2.05) is 38.1 Å². The zero-order valence-corrected chi connectivity index (χ0v) is 12.5. The summed E-state index contributed by atoms with van der Waals surface area (Å²) in [6, 6.07) is 7.79. The van der Waals surface area contributed by atoms with E-state index in [9.17, 15) is 0 Å². The van der Waals surface area contributed by atoms with Crippen molar-refractivity contribution in [3.63, 3.8) is 0 Å². The van der Waals surface area contributed by atoms with Gasteiger partial charge in [0.05, 0.1) is 10.8 Å². The molecule has 0 radical (unpaired) electrons. The number of benzene rings is 1. The Morgan fingerprint density at radius 1 is 1.33 bits per heavy atom. The molecule has 18 heavy (non-hydrogen) atoms. The van der Waals surface area contributed by atoms with Crippen molar-refractivity contribution >= 4 is 35.6 Å². The molecule has 0 saturated carbocycles. The van der Waals surface area contributed by atoms with Crippen LogP contribution in [-0.2, 0) is 5.75 Å². The Balaban J connectivity index is 2.17. The van der Waals surface area contributed by atoms with E-state index in [0.29, 0.717) is 4.64 Å². The van der Waals surface area contributed by atoms with Gasteiger partial charge in [-0.2, -0.15) is 0 Å². The number of aromatic nitrogens is 2. The Morgan fingerprint density at radius 3 is 2.72 bits per heavy atom. The van der Waals surface area contributed by atoms with E-state index >= 15 is 0 Å². The van der Waals surface area contributed by atoms with E-state index in [1.54, 1.807) is 11.8 Å². The molecule has 1 aromatic carbocycles. The Kier molecular flexibility index (Phi) is 4.43. The van der Waals surface area contributed by atoms with Crippen LogP contribution in [0, 0.1) is 18.5 Å². The smallest absolute Gasteiger partial charge is 0.132 e. The Hall–Kier alpha value is -0.840. The fourth-order valence-electron chi connectivity index (χ4n) is 1.48. The quantitative estimate of drug-likeness (QED) is 0.657. The second-order valence-electron chi connectivity index (χ2n) is 3.96. The maximum atomic E-state index is 6.11. The molecule has 2 rings (SSSR count). The molecular formula is C13H13ClN2S2. The van der Waals surface area contributed by atoms with Crippen molar-refractivity contribution in [3.8, 4) is 0 Å². The van der Waals surface area contributed by atoms with Crippen LogP contribution < -0.4 is 0 Å². The predicted molar refractivity (Wildman–Crippen MR) is 79.9 cm³/mol. The summed E-state index contributed by atoms with van der Waals surface area (Å²) < 4.78 is 0.668. The molecule has 0 saturated heterocycles. The number of aryl methyl sites for hydroxylation is 1. The van der Waals surface area contributed by atoms with Crippen LogP contribution in [0.2, 0.25) is 5.02 Å². The number of nitrogens with zero attached hydrogens (tertiary/aromatic N) is 1. The normalized spacial score (nSPS) is 10.6. The molecular weight excluding hydrogens is 284 g/mol. The topological polar surface area (TPSA) is 28.7 Å². The Morgan fingerprint density at radius 2 is 2.06 bits per heavy atom. The second-order valence-corrected chi connectivity index (χ2v) is 5.77. The van der Waals surface area contributed by atoms with E-state index < -0.39 is 0 Å². The highest BCUT2D eigenvalue weighted by atomic mass is 35.5. The van der Waals surface area contributed by atoms with Crippen LogP contribution in [0.5, 0.6) is 0 Å². The molecule has 0 amide bonds. The monoisotopic (exact) mass is 296 g/mol. The Bertz CT molecular complexity index is 623. The van der Waals surface area contributed by atoms with E-state index in [4.69, 9.17) is 23.8 Å². The van der Waals surface area contributed by atoms with Crippen LogP contribution in [0.3, 0.4) is 0 Å². The number of halogens is 1. The minimum Gasteiger partial charge on any atom is -0.346 e. The van der Waals surface area contributed by atoms with E-state index in [0.717, 1.165) is 32.8 Å². The van der Waals surface area contributed by atoms with Crippen LogP contribution in [0.4, 0.5) is 0 Å². The summed E-state index contributed by atoms with van der Waals surface area (Å²) in [6.07, 6.45) is 0. The van der Waals surface area contributed by atoms with Crippen LogP contribution in [0.15, 0.2) is 29.2 Å². The lowest BCUT2D eigenvalue weighted by molar-refractivity contribution is 0.962. The number of H-pyrrole nitrogens is 1. The van der Waals surface area contributed by atoms with Crippen LogP contribution in [0.25, 0.3) is 0 Å². The molecule has 0 aliphatic heterocycles. The minimum atomic E-state index is 0.668. The molecule has 0 aliphatic carbocycles. The number of nitrogens with one attached hydrogen (secondary N) is 1. The molecule has 94 valence electrons. The molecule has 0 bridgehead atoms. The maximum absolute atomic E-state index is 6.11. The largest absolute Gasteiger partial charge is 0.346 e. The second kappa shape index (κ2) is 5.87. The van der Waals surface area contributed by atoms with Gasteiger partial charge in [0.1, 0.15) is 10.5 Å². The van der Waals surface area contributed by atoms with Gasteiger partial charge in [-0.05, 0) is 26.0 Å². The molecule has 2 aromatic rings. The first kappa shape index (κ1) is 13.6. The third-order valence-electron chi connectivity index (χ3n) is 2.65. The Labute approximate surface area is 121 Å². The highest BCUT2D eigenvalue weighted by Crippen LogP contribution is 2.28. The lowest BCUT2D eigenvalue weighted by Crippen LogP contribution is -1.98. The highest BCUT2D eigenvalue weighted by molar-refractivity contribution is 7.98. The number of hydrogen-bond donors (Lipinski definition) is 1. The molecule has 0 spiro atoms. The lowest BCUT2D eigenvalue weighted by atomic mass is 10.3. The fourth-order valence-corrected chi connectivity index (χ4v) is 2.85. The first-order chi connectivity index (χ1) is 8.58. The van der Waals surface area contributed by atoms with Gasteiger partial charge < -0.3 is 4.98 Å². The van der Waals surface area contributed by atoms with Gasteiger partial charge in [-0.25, -0.2) is 4.98 Å². The summed E-state index contributed by atoms with van der Waals surface area (Å²) in [5.41, 5.74) is 2.11. The van der Waals surface area contributed by atoms with Crippen LogP contribution >= 0.6 is 35.6 Å². The van der Waals surface area contributed by atoms with Crippen molar-refractivity contribution < 1.29 is 0 Å². The molecule has 0 aliphatic rings. The fraction of sp³-hybridized carbons (Fsp3) is 0.231. The third-order valence-corrected chi connectivity index (χ3v) is 4.58. The van der Waals surface area contributed by atoms with Gasteiger partial charge in [-0.3, -0.25) is 0 Å². The van der Waals surface area contributed by atoms with Gasteiger partial charge in [0.25, 0.3) is 0 Å². The summed E-state index contributed by atoms with van der Waals surface area (Å²) in [5, 5.41) is 0.768. The molecule has 0 atom stereocenters. The predicted octanol–water partition coefficient (Wildman–Crippen LogP) is 4.70. The van der Waals surface area contributed by atoms with Gasteiger partial charge in [-0.15, -0.1) is 11.8 Å². The zero-order chi connectivity index (χ0) is 13.1. The SMILES string of the molecule is Cc1[nH]c(CSc2ccccc2Cl)nc(=S)c1C. The van der Waals surface area contributed by atoms with Gasteiger partial charge in [0.15, 0.2) is 0 Å². The first-order valence-corrected chi connectivity index (χ1v) is 7.29. The van der Waals surface area contributed by atoms with E-state index in [-0.39, 0.29) is 0 Å². The summed E-state index contributed by atoms with van der Waals surface area (Å²) in [6.45, 7) is 3.99. The van der Waals surface area contributed by atoms with Crippen molar-refractivity contribution in [1.29, 1.82) is 0 Å². The molecule has 1 heterocycles. The van der Waals surface area contributed by atoms with Gasteiger partial charge in [0.2, 0.25) is 0 Å². The molecule has 0 unspecified atom stereocenters. The molecule has 5 heteroatoms. The summed E-state index contributed by atoms with van der Waals surface area (Å²) in [4.78, 5) is 8.69. The number of thioether (sulfide) groups is 1. The summed E-state index contributed by atoms with van der Waals surface area (Å²) in [5.74, 6) is 1.61. The van der Waals surface area contributed by atoms with Crippen molar-refractivity contribution in [2.75, 3.05) is 0 Å². The van der Waals surface area contributed by atoms with Crippen molar-refractivity contribution in [3.05, 3.63) is 51.0 Å². The first-order valence-electron chi connectivity index (χ1n) is 5.51. The zero-order valence-electron chi connectivity index (χ0n) is 10.2. The number of hydrogen-bond acceptors (Lipinski definition) is 3. The van der Waals surface area contributed by atoms with Gasteiger partial charge in [-0.1, -0.05) is 36.0 Å². The van der Waals surface area contributed by atoms with Crippen molar-refractivity contribution in [2.24, 2.45) is 0 Å². The highest BCUT2D eigenvalue weighted by Gasteiger charge is 2.04. The lowest BCUT2D eigenvalue weighted by Gasteiger charge is -2.06. The van der Waals surface area contributed by atoms with Crippen LogP contribution in [0.1, 0.15) is 17.1 Å². The summed E-state index contributed by atoms with van der Waals surface area (Å²) >= 11 is 13.0. The van der Waals surface area contributed by atoms with E-state index in [1.165, 1.54) is 0 Å². The average Bonchev–Trinajstić information content (AvgIpc) is 2.35. The molecule has 1 N–H and O–H groups in total. The maximum Gasteiger partial charge on any atom is 0.132 e. The standard InChI is InChI=1S/C13H13ClN2S2/c1-8-9(2)15-12(16-13(8)17)7-18-11-6-4-3-5-10(11)14/h3-6H,7H2,1-2H3,(H,15,16,17). The number of rotatable bonds is 3. The third kappa shape index (κ3) is 3.13. The van der Waals surface area contributed by atoms with Crippen molar-refractivity contribution in [2.45, 2.75) is 24.5 Å². The van der Waals surface area contributed by atoms with Gasteiger partial charge >= 0.3 is 0 Å². The van der Waals surface area contributed by atoms with Crippen LogP contribution in [-0.4, -0.2) is 9.97 Å².